The van der Waals surface area contributed by atoms with E-state index in [1.807, 2.05) is 30.3 Å². The number of hydrogen-bond acceptors (Lipinski definition) is 5. The van der Waals surface area contributed by atoms with Crippen LogP contribution in [0.15, 0.2) is 54.7 Å². The highest BCUT2D eigenvalue weighted by Crippen LogP contribution is 2.31. The molecule has 0 saturated carbocycles. The minimum Gasteiger partial charge on any atom is -0.487 e. The topological polar surface area (TPSA) is 83.6 Å². The number of benzene rings is 2. The third-order valence-electron chi connectivity index (χ3n) is 5.50. The third-order valence-corrected chi connectivity index (χ3v) is 5.50. The smallest absolute Gasteiger partial charge is 0.267 e. The molecule has 1 saturated heterocycles. The summed E-state index contributed by atoms with van der Waals surface area (Å²) >= 11 is 0. The van der Waals surface area contributed by atoms with Gasteiger partial charge in [0.1, 0.15) is 17.9 Å². The molecule has 9 heteroatoms. The van der Waals surface area contributed by atoms with Crippen molar-refractivity contribution in [1.82, 2.24) is 15.2 Å². The lowest BCUT2D eigenvalue weighted by Gasteiger charge is -2.17. The van der Waals surface area contributed by atoms with Gasteiger partial charge in [0.05, 0.1) is 18.7 Å². The average Bonchev–Trinajstić information content (AvgIpc) is 3.20. The van der Waals surface area contributed by atoms with Crippen molar-refractivity contribution in [3.05, 3.63) is 65.9 Å². The lowest BCUT2D eigenvalue weighted by atomic mass is 10.1. The second-order valence-electron chi connectivity index (χ2n) is 7.86. The second kappa shape index (κ2) is 9.40. The summed E-state index contributed by atoms with van der Waals surface area (Å²) in [5.41, 5.74) is 2.52. The Balaban J connectivity index is 1.53. The Morgan fingerprint density at radius 1 is 1.18 bits per heavy atom. The van der Waals surface area contributed by atoms with Crippen LogP contribution in [0, 0.1) is 0 Å². The van der Waals surface area contributed by atoms with E-state index >= 15 is 0 Å². The van der Waals surface area contributed by atoms with Gasteiger partial charge in [0, 0.05) is 43.4 Å². The van der Waals surface area contributed by atoms with Crippen molar-refractivity contribution >= 4 is 28.4 Å². The Morgan fingerprint density at radius 2 is 1.97 bits per heavy atom. The Bertz CT molecular complexity index is 1170. The molecule has 3 aromatic rings. The fourth-order valence-electron chi connectivity index (χ4n) is 3.72. The minimum atomic E-state index is -2.87. The maximum absolute atomic E-state index is 13.4. The molecule has 172 valence electrons. The molecule has 33 heavy (non-hydrogen) atoms. The number of hydrogen-bond donors (Lipinski definition) is 2. The number of amides is 2. The van der Waals surface area contributed by atoms with E-state index < -0.39 is 24.3 Å². The predicted molar refractivity (Wildman–Crippen MR) is 121 cm³/mol. The second-order valence-corrected chi connectivity index (χ2v) is 7.86. The summed E-state index contributed by atoms with van der Waals surface area (Å²) in [6, 6.07) is 14.8. The molecule has 0 bridgehead atoms. The van der Waals surface area contributed by atoms with Crippen LogP contribution >= 0.6 is 0 Å². The molecule has 0 aliphatic carbocycles. The highest BCUT2D eigenvalue weighted by atomic mass is 19.3. The zero-order valence-electron chi connectivity index (χ0n) is 18.1. The average molecular weight is 454 g/mol. The van der Waals surface area contributed by atoms with Crippen molar-refractivity contribution in [2.75, 3.05) is 32.0 Å². The zero-order valence-corrected chi connectivity index (χ0v) is 18.1. The van der Waals surface area contributed by atoms with Gasteiger partial charge in [-0.05, 0) is 17.7 Å². The van der Waals surface area contributed by atoms with Crippen LogP contribution in [0.5, 0.6) is 5.75 Å². The molecule has 1 fully saturated rings. The Kier molecular flexibility index (Phi) is 6.39. The SMILES string of the molecule is CNc1cc(OCc2ccccc2)c2nccc(C(=O)NCC(=O)N3CCC(F)(F)C3)c2c1. The molecule has 1 aliphatic heterocycles. The van der Waals surface area contributed by atoms with Gasteiger partial charge in [-0.1, -0.05) is 30.3 Å². The summed E-state index contributed by atoms with van der Waals surface area (Å²) in [4.78, 5) is 30.6. The molecule has 0 radical (unpaired) electrons. The van der Waals surface area contributed by atoms with Crippen LogP contribution in [0.3, 0.4) is 0 Å². The number of carbonyl (C=O) groups excluding carboxylic acids is 2. The van der Waals surface area contributed by atoms with Crippen LogP contribution in [0.2, 0.25) is 0 Å². The molecule has 0 unspecified atom stereocenters. The number of nitrogens with zero attached hydrogens (tertiary/aromatic N) is 2. The molecule has 1 aliphatic rings. The summed E-state index contributed by atoms with van der Waals surface area (Å²) < 4.78 is 32.7. The standard InChI is InChI=1S/C24H24F2N4O3/c1-27-17-11-19-18(23(32)29-13-21(31)30-10-8-24(25,26)15-30)7-9-28-22(19)20(12-17)33-14-16-5-3-2-4-6-16/h2-7,9,11-12,27H,8,10,13-15H2,1H3,(H,29,32). The first-order valence-corrected chi connectivity index (χ1v) is 10.6. The predicted octanol–water partition coefficient (Wildman–Crippen LogP) is 3.45. The van der Waals surface area contributed by atoms with Gasteiger partial charge in [0.15, 0.2) is 0 Å². The number of nitrogens with one attached hydrogen (secondary N) is 2. The van der Waals surface area contributed by atoms with Crippen molar-refractivity contribution in [2.45, 2.75) is 19.0 Å². The fraction of sp³-hybridized carbons (Fsp3) is 0.292. The molecule has 2 heterocycles. The molecule has 4 rings (SSSR count). The highest BCUT2D eigenvalue weighted by molar-refractivity contribution is 6.08. The van der Waals surface area contributed by atoms with Crippen LogP contribution in [-0.2, 0) is 11.4 Å². The maximum atomic E-state index is 13.4. The molecular formula is C24H24F2N4O3. The van der Waals surface area contributed by atoms with Crippen molar-refractivity contribution in [3.8, 4) is 5.75 Å². The number of anilines is 1. The van der Waals surface area contributed by atoms with Crippen LogP contribution in [0.4, 0.5) is 14.5 Å². The Hall–Kier alpha value is -3.75. The number of aromatic nitrogens is 1. The van der Waals surface area contributed by atoms with E-state index in [-0.39, 0.29) is 19.5 Å². The van der Waals surface area contributed by atoms with E-state index in [9.17, 15) is 18.4 Å². The van der Waals surface area contributed by atoms with Crippen LogP contribution in [-0.4, -0.2) is 54.3 Å². The van der Waals surface area contributed by atoms with E-state index in [2.05, 4.69) is 15.6 Å². The molecule has 1 aromatic heterocycles. The van der Waals surface area contributed by atoms with Crippen molar-refractivity contribution in [3.63, 3.8) is 0 Å². The van der Waals surface area contributed by atoms with Gasteiger partial charge in [0.2, 0.25) is 5.91 Å². The van der Waals surface area contributed by atoms with Crippen LogP contribution < -0.4 is 15.4 Å². The number of halogens is 2. The lowest BCUT2D eigenvalue weighted by Crippen LogP contribution is -2.40. The molecule has 0 spiro atoms. The number of pyridine rings is 1. The first-order valence-electron chi connectivity index (χ1n) is 10.6. The summed E-state index contributed by atoms with van der Waals surface area (Å²) in [6.45, 7) is -0.668. The lowest BCUT2D eigenvalue weighted by molar-refractivity contribution is -0.130. The van der Waals surface area contributed by atoms with Crippen LogP contribution in [0.25, 0.3) is 10.9 Å². The van der Waals surface area contributed by atoms with Gasteiger partial charge in [-0.2, -0.15) is 0 Å². The molecular weight excluding hydrogens is 430 g/mol. The molecule has 7 nitrogen and oxygen atoms in total. The van der Waals surface area contributed by atoms with E-state index in [1.165, 1.54) is 6.20 Å². The van der Waals surface area contributed by atoms with Crippen molar-refractivity contribution in [1.29, 1.82) is 0 Å². The first-order chi connectivity index (χ1) is 15.9. The first kappa shape index (κ1) is 22.4. The van der Waals surface area contributed by atoms with E-state index in [0.29, 0.717) is 28.8 Å². The summed E-state index contributed by atoms with van der Waals surface area (Å²) in [5, 5.41) is 6.14. The van der Waals surface area contributed by atoms with Gasteiger partial charge in [-0.3, -0.25) is 14.6 Å². The number of rotatable bonds is 7. The number of alkyl halides is 2. The highest BCUT2D eigenvalue weighted by Gasteiger charge is 2.40. The minimum absolute atomic E-state index is 0.0203. The van der Waals surface area contributed by atoms with Gasteiger partial charge >= 0.3 is 0 Å². The van der Waals surface area contributed by atoms with Gasteiger partial charge in [0.25, 0.3) is 11.8 Å². The molecule has 2 amide bonds. The summed E-state index contributed by atoms with van der Waals surface area (Å²) in [6.07, 6.45) is 1.13. The van der Waals surface area contributed by atoms with Gasteiger partial charge < -0.3 is 20.3 Å². The maximum Gasteiger partial charge on any atom is 0.267 e. The van der Waals surface area contributed by atoms with E-state index in [4.69, 9.17) is 4.74 Å². The summed E-state index contributed by atoms with van der Waals surface area (Å²) in [7, 11) is 1.75. The molecule has 2 N–H and O–H groups in total. The van der Waals surface area contributed by atoms with E-state index in [1.54, 1.807) is 25.2 Å². The van der Waals surface area contributed by atoms with Crippen LogP contribution in [0.1, 0.15) is 22.3 Å². The number of likely N-dealkylation sites (tertiary alicyclic amines) is 1. The number of fused-ring (bicyclic) bond motifs is 1. The van der Waals surface area contributed by atoms with Crippen molar-refractivity contribution < 1.29 is 23.1 Å². The normalized spacial score (nSPS) is 14.8. The largest absolute Gasteiger partial charge is 0.487 e. The summed E-state index contributed by atoms with van der Waals surface area (Å²) in [5.74, 6) is -3.41. The third kappa shape index (κ3) is 5.19. The van der Waals surface area contributed by atoms with E-state index in [0.717, 1.165) is 16.2 Å². The van der Waals surface area contributed by atoms with Gasteiger partial charge in [-0.15, -0.1) is 0 Å². The Morgan fingerprint density at radius 3 is 2.67 bits per heavy atom. The number of ether oxygens (including phenoxy) is 1. The zero-order chi connectivity index (χ0) is 23.4. The monoisotopic (exact) mass is 454 g/mol. The molecule has 0 atom stereocenters. The quantitative estimate of drug-likeness (QED) is 0.571. The van der Waals surface area contributed by atoms with Gasteiger partial charge in [-0.25, -0.2) is 8.78 Å². The molecule has 2 aromatic carbocycles. The fourth-order valence-corrected chi connectivity index (χ4v) is 3.72. The van der Waals surface area contributed by atoms with Crippen molar-refractivity contribution in [2.24, 2.45) is 0 Å². The Labute approximate surface area is 189 Å². The number of carbonyl (C=O) groups is 2.